The number of rotatable bonds is 2. The molecule has 0 saturated heterocycles. The van der Waals surface area contributed by atoms with Crippen LogP contribution in [0.5, 0.6) is 0 Å². The van der Waals surface area contributed by atoms with Gasteiger partial charge in [0.1, 0.15) is 0 Å². The molecule has 7 heteroatoms. The summed E-state index contributed by atoms with van der Waals surface area (Å²) in [6.45, 7) is 0. The highest BCUT2D eigenvalue weighted by Crippen LogP contribution is 2.48. The third kappa shape index (κ3) is 3.35. The van der Waals surface area contributed by atoms with Gasteiger partial charge in [-0.2, -0.15) is 26.3 Å². The van der Waals surface area contributed by atoms with Crippen LogP contribution in [0.4, 0.5) is 32.0 Å². The molecule has 1 nitrogen and oxygen atoms in total. The first-order chi connectivity index (χ1) is 10.1. The number of anilines is 1. The van der Waals surface area contributed by atoms with E-state index in [1.807, 2.05) is 0 Å². The van der Waals surface area contributed by atoms with Crippen LogP contribution in [-0.4, -0.2) is 12.4 Å². The van der Waals surface area contributed by atoms with Gasteiger partial charge in [-0.15, -0.1) is 0 Å². The smallest absolute Gasteiger partial charge is 0.399 e. The number of nitrogen functional groups attached to an aromatic ring is 1. The van der Waals surface area contributed by atoms with Crippen molar-refractivity contribution in [2.75, 3.05) is 5.73 Å². The summed E-state index contributed by atoms with van der Waals surface area (Å²) in [5.41, 5.74) is 5.02. The predicted molar refractivity (Wildman–Crippen MR) is 71.1 cm³/mol. The lowest BCUT2D eigenvalue weighted by Gasteiger charge is -2.25. The lowest BCUT2D eigenvalue weighted by molar-refractivity contribution is -0.253. The Morgan fingerprint density at radius 3 is 1.91 bits per heavy atom. The molecule has 22 heavy (non-hydrogen) atoms. The first kappa shape index (κ1) is 16.2. The third-order valence-corrected chi connectivity index (χ3v) is 3.12. The van der Waals surface area contributed by atoms with Gasteiger partial charge in [0.15, 0.2) is 5.92 Å². The van der Waals surface area contributed by atoms with Crippen molar-refractivity contribution in [3.8, 4) is 11.1 Å². The maximum absolute atomic E-state index is 12.9. The molecule has 0 amide bonds. The largest absolute Gasteiger partial charge is 0.404 e. The second-order valence-electron chi connectivity index (χ2n) is 4.73. The molecule has 2 aromatic carbocycles. The van der Waals surface area contributed by atoms with Crippen LogP contribution in [0.25, 0.3) is 11.1 Å². The van der Waals surface area contributed by atoms with Crippen LogP contribution >= 0.6 is 0 Å². The van der Waals surface area contributed by atoms with E-state index >= 15 is 0 Å². The molecule has 0 atom stereocenters. The predicted octanol–water partition coefficient (Wildman–Crippen LogP) is 5.14. The molecule has 2 aromatic rings. The normalized spacial score (nSPS) is 12.7. The Bertz CT molecular complexity index is 646. The summed E-state index contributed by atoms with van der Waals surface area (Å²) < 4.78 is 77.6. The van der Waals surface area contributed by atoms with Gasteiger partial charge in [0.2, 0.25) is 0 Å². The van der Waals surface area contributed by atoms with Crippen molar-refractivity contribution >= 4 is 5.69 Å². The first-order valence-corrected chi connectivity index (χ1v) is 6.19. The van der Waals surface area contributed by atoms with E-state index in [-0.39, 0.29) is 16.8 Å². The highest BCUT2D eigenvalue weighted by atomic mass is 19.4. The van der Waals surface area contributed by atoms with Crippen LogP contribution in [0.3, 0.4) is 0 Å². The number of alkyl halides is 6. The Balaban J connectivity index is 2.66. The van der Waals surface area contributed by atoms with Crippen molar-refractivity contribution in [2.45, 2.75) is 18.3 Å². The highest BCUT2D eigenvalue weighted by molar-refractivity contribution is 5.71. The SMILES string of the molecule is Nc1cccc(-c2ccccc2C(C(F)(F)F)C(F)(F)F)c1. The summed E-state index contributed by atoms with van der Waals surface area (Å²) in [5, 5.41) is 0. The standard InChI is InChI=1S/C15H11F6N/c16-14(17,18)13(15(19,20)21)12-7-2-1-6-11(12)9-4-3-5-10(22)8-9/h1-8,13H,22H2. The molecule has 0 aromatic heterocycles. The zero-order valence-corrected chi connectivity index (χ0v) is 11.0. The molecule has 0 aliphatic heterocycles. The van der Waals surface area contributed by atoms with Gasteiger partial charge in [0, 0.05) is 5.69 Å². The van der Waals surface area contributed by atoms with Crippen LogP contribution < -0.4 is 5.73 Å². The summed E-state index contributed by atoms with van der Waals surface area (Å²) in [5.74, 6) is -3.54. The summed E-state index contributed by atoms with van der Waals surface area (Å²) in [7, 11) is 0. The molecule has 0 unspecified atom stereocenters. The summed E-state index contributed by atoms with van der Waals surface area (Å²) in [4.78, 5) is 0. The molecule has 0 spiro atoms. The van der Waals surface area contributed by atoms with Gasteiger partial charge < -0.3 is 5.73 Å². The molecule has 0 fully saturated rings. The Hall–Kier alpha value is -2.18. The van der Waals surface area contributed by atoms with Crippen LogP contribution in [0.2, 0.25) is 0 Å². The molecular weight excluding hydrogens is 308 g/mol. The number of benzene rings is 2. The van der Waals surface area contributed by atoms with Crippen LogP contribution in [0.15, 0.2) is 48.5 Å². The Morgan fingerprint density at radius 1 is 0.773 bits per heavy atom. The van der Waals surface area contributed by atoms with Gasteiger partial charge in [-0.05, 0) is 28.8 Å². The van der Waals surface area contributed by atoms with Crippen molar-refractivity contribution in [1.29, 1.82) is 0 Å². The maximum Gasteiger partial charge on any atom is 0.404 e. The zero-order valence-electron chi connectivity index (χ0n) is 11.0. The van der Waals surface area contributed by atoms with E-state index in [1.54, 1.807) is 0 Å². The molecule has 0 saturated carbocycles. The van der Waals surface area contributed by atoms with Crippen LogP contribution in [0, 0.1) is 0 Å². The monoisotopic (exact) mass is 319 g/mol. The molecule has 2 rings (SSSR count). The van der Waals surface area contributed by atoms with E-state index in [0.29, 0.717) is 0 Å². The van der Waals surface area contributed by atoms with Gasteiger partial charge >= 0.3 is 12.4 Å². The van der Waals surface area contributed by atoms with Gasteiger partial charge in [-0.3, -0.25) is 0 Å². The molecule has 118 valence electrons. The summed E-state index contributed by atoms with van der Waals surface area (Å²) in [6.07, 6.45) is -10.9. The topological polar surface area (TPSA) is 26.0 Å². The van der Waals surface area contributed by atoms with Gasteiger partial charge in [0.05, 0.1) is 0 Å². The van der Waals surface area contributed by atoms with Gasteiger partial charge in [0.25, 0.3) is 0 Å². The highest BCUT2D eigenvalue weighted by Gasteiger charge is 2.58. The van der Waals surface area contributed by atoms with Crippen molar-refractivity contribution in [2.24, 2.45) is 0 Å². The molecule has 2 N–H and O–H groups in total. The fourth-order valence-corrected chi connectivity index (χ4v) is 2.26. The maximum atomic E-state index is 12.9. The van der Waals surface area contributed by atoms with E-state index in [9.17, 15) is 26.3 Å². The fraction of sp³-hybridized carbons (Fsp3) is 0.200. The van der Waals surface area contributed by atoms with E-state index in [1.165, 1.54) is 36.4 Å². The van der Waals surface area contributed by atoms with E-state index in [2.05, 4.69) is 0 Å². The van der Waals surface area contributed by atoms with Crippen LogP contribution in [0.1, 0.15) is 11.5 Å². The third-order valence-electron chi connectivity index (χ3n) is 3.12. The number of hydrogen-bond acceptors (Lipinski definition) is 1. The molecule has 0 aliphatic carbocycles. The summed E-state index contributed by atoms with van der Waals surface area (Å²) in [6, 6.07) is 10.3. The zero-order chi connectivity index (χ0) is 16.5. The van der Waals surface area contributed by atoms with Crippen molar-refractivity contribution < 1.29 is 26.3 Å². The second-order valence-corrected chi connectivity index (χ2v) is 4.73. The van der Waals surface area contributed by atoms with Gasteiger partial charge in [-0.1, -0.05) is 36.4 Å². The van der Waals surface area contributed by atoms with Crippen molar-refractivity contribution in [3.05, 3.63) is 54.1 Å². The molecule has 0 radical (unpaired) electrons. The first-order valence-electron chi connectivity index (χ1n) is 6.19. The van der Waals surface area contributed by atoms with Crippen molar-refractivity contribution in [3.63, 3.8) is 0 Å². The van der Waals surface area contributed by atoms with Gasteiger partial charge in [-0.25, -0.2) is 0 Å². The minimum atomic E-state index is -5.44. The molecule has 0 heterocycles. The average Bonchev–Trinajstić information content (AvgIpc) is 2.36. The molecule has 0 aliphatic rings. The second kappa shape index (κ2) is 5.55. The Labute approximate surface area is 122 Å². The van der Waals surface area contributed by atoms with Crippen molar-refractivity contribution in [1.82, 2.24) is 0 Å². The average molecular weight is 319 g/mol. The summed E-state index contributed by atoms with van der Waals surface area (Å²) >= 11 is 0. The Kier molecular flexibility index (Phi) is 4.08. The van der Waals surface area contributed by atoms with E-state index in [0.717, 1.165) is 12.1 Å². The minimum Gasteiger partial charge on any atom is -0.399 e. The minimum absolute atomic E-state index is 0.144. The lowest BCUT2D eigenvalue weighted by Crippen LogP contribution is -2.34. The van der Waals surface area contributed by atoms with Crippen LogP contribution in [-0.2, 0) is 0 Å². The van der Waals surface area contributed by atoms with E-state index < -0.39 is 23.8 Å². The number of nitrogens with two attached hydrogens (primary N) is 1. The Morgan fingerprint density at radius 2 is 1.36 bits per heavy atom. The quantitative estimate of drug-likeness (QED) is 0.601. The number of halogens is 6. The number of hydrogen-bond donors (Lipinski definition) is 1. The molecular formula is C15H11F6N. The molecule has 0 bridgehead atoms. The van der Waals surface area contributed by atoms with E-state index in [4.69, 9.17) is 5.73 Å². The lowest BCUT2D eigenvalue weighted by atomic mass is 9.89. The fourth-order valence-electron chi connectivity index (χ4n) is 2.26.